The van der Waals surface area contributed by atoms with E-state index in [1.807, 2.05) is 0 Å². The summed E-state index contributed by atoms with van der Waals surface area (Å²) in [6.07, 6.45) is 0. The number of furan rings is 1. The van der Waals surface area contributed by atoms with Crippen LogP contribution in [0.2, 0.25) is 0 Å². The van der Waals surface area contributed by atoms with Crippen molar-refractivity contribution in [3.05, 3.63) is 303 Å². The van der Waals surface area contributed by atoms with Crippen LogP contribution in [0.3, 0.4) is 0 Å². The highest BCUT2D eigenvalue weighted by Crippen LogP contribution is 2.49. The molecule has 0 saturated heterocycles. The molecule has 3 nitrogen and oxygen atoms in total. The van der Waals surface area contributed by atoms with Crippen LogP contribution in [0.4, 0.5) is 34.1 Å². The van der Waals surface area contributed by atoms with E-state index in [0.717, 1.165) is 95.0 Å². The average molecular weight is 983 g/mol. The minimum absolute atomic E-state index is 0.881. The Balaban J connectivity index is 0.938. The van der Waals surface area contributed by atoms with Crippen molar-refractivity contribution in [3.8, 4) is 55.6 Å². The molecule has 0 N–H and O–H groups in total. The van der Waals surface area contributed by atoms with Crippen molar-refractivity contribution < 1.29 is 4.42 Å². The number of hydrogen-bond acceptors (Lipinski definition) is 3. The molecule has 0 aliphatic carbocycles. The van der Waals surface area contributed by atoms with Gasteiger partial charge in [-0.05, 0) is 145 Å². The SMILES string of the molecule is c1ccc(-c2cccc(N(c3ccc(-c4cccc5oc6ccc7ccccc7c6c45)cc3)c3ccccc3-c3ccccc3N(c3cccc(-c4ccccc4)c3)c3ccc4cc(-c5ccccc5)ccc4c3)c2)cc1. The maximum absolute atomic E-state index is 6.54. The first-order chi connectivity index (χ1) is 38.2. The summed E-state index contributed by atoms with van der Waals surface area (Å²) >= 11 is 0. The summed E-state index contributed by atoms with van der Waals surface area (Å²) in [5, 5.41) is 7.02. The van der Waals surface area contributed by atoms with Crippen LogP contribution in [0.5, 0.6) is 0 Å². The van der Waals surface area contributed by atoms with E-state index >= 15 is 0 Å². The molecule has 0 aliphatic rings. The van der Waals surface area contributed by atoms with Crippen molar-refractivity contribution in [2.75, 3.05) is 9.80 Å². The average Bonchev–Trinajstić information content (AvgIpc) is 3.96. The van der Waals surface area contributed by atoms with Crippen LogP contribution in [-0.2, 0) is 0 Å². The van der Waals surface area contributed by atoms with E-state index in [2.05, 4.69) is 313 Å². The van der Waals surface area contributed by atoms with Gasteiger partial charge in [0, 0.05) is 44.6 Å². The molecule has 1 heterocycles. The van der Waals surface area contributed by atoms with Gasteiger partial charge in [-0.2, -0.15) is 0 Å². The van der Waals surface area contributed by atoms with Crippen LogP contribution in [0.15, 0.2) is 308 Å². The van der Waals surface area contributed by atoms with Gasteiger partial charge in [-0.3, -0.25) is 0 Å². The molecule has 77 heavy (non-hydrogen) atoms. The zero-order valence-electron chi connectivity index (χ0n) is 42.2. The van der Waals surface area contributed by atoms with Crippen LogP contribution in [0.25, 0.3) is 99.1 Å². The lowest BCUT2D eigenvalue weighted by Gasteiger charge is -2.31. The maximum atomic E-state index is 6.54. The standard InChI is InChI=1S/C74H50N2O/c1-4-19-51(20-5-1)56-26-16-28-62(48-56)75(61-43-39-55(40-44-61)66-33-18-36-71-73(66)74-65-30-11-10-25-54(65)42-46-72(74)77-71)69-34-14-12-31-67(69)68-32-13-15-35-70(68)76(63-29-17-27-57(49-63)52-21-6-2-7-22-52)64-45-41-59-47-58(37-38-60(59)50-64)53-23-8-3-9-24-53/h1-50H. The van der Waals surface area contributed by atoms with Crippen LogP contribution in [0, 0.1) is 0 Å². The van der Waals surface area contributed by atoms with Crippen LogP contribution < -0.4 is 9.80 Å². The summed E-state index contributed by atoms with van der Waals surface area (Å²) in [7, 11) is 0. The molecule has 0 saturated carbocycles. The number of hydrogen-bond donors (Lipinski definition) is 0. The van der Waals surface area contributed by atoms with Crippen molar-refractivity contribution in [1.82, 2.24) is 0 Å². The summed E-state index contributed by atoms with van der Waals surface area (Å²) in [4.78, 5) is 4.85. The van der Waals surface area contributed by atoms with Crippen molar-refractivity contribution in [3.63, 3.8) is 0 Å². The van der Waals surface area contributed by atoms with E-state index < -0.39 is 0 Å². The van der Waals surface area contributed by atoms with Gasteiger partial charge in [0.25, 0.3) is 0 Å². The largest absolute Gasteiger partial charge is 0.456 e. The minimum Gasteiger partial charge on any atom is -0.456 e. The number of nitrogens with zero attached hydrogens (tertiary/aromatic N) is 2. The molecule has 0 aliphatic heterocycles. The molecule has 0 bridgehead atoms. The topological polar surface area (TPSA) is 19.6 Å². The Kier molecular flexibility index (Phi) is 11.5. The fourth-order valence-electron chi connectivity index (χ4n) is 11.4. The first-order valence-electron chi connectivity index (χ1n) is 26.3. The third-order valence-corrected chi connectivity index (χ3v) is 15.0. The molecule has 0 amide bonds. The highest BCUT2D eigenvalue weighted by Gasteiger charge is 2.24. The predicted molar refractivity (Wildman–Crippen MR) is 325 cm³/mol. The summed E-state index contributed by atoms with van der Waals surface area (Å²) in [6.45, 7) is 0. The first kappa shape index (κ1) is 45.4. The van der Waals surface area contributed by atoms with Gasteiger partial charge in [-0.15, -0.1) is 0 Å². The fourth-order valence-corrected chi connectivity index (χ4v) is 11.4. The van der Waals surface area contributed by atoms with Gasteiger partial charge in [0.1, 0.15) is 11.2 Å². The van der Waals surface area contributed by atoms with Gasteiger partial charge in [-0.1, -0.05) is 224 Å². The number of rotatable bonds is 11. The lowest BCUT2D eigenvalue weighted by Crippen LogP contribution is -2.14. The third kappa shape index (κ3) is 8.47. The lowest BCUT2D eigenvalue weighted by molar-refractivity contribution is 0.669. The number of benzene rings is 13. The molecule has 14 rings (SSSR count). The molecule has 0 radical (unpaired) electrons. The van der Waals surface area contributed by atoms with E-state index in [4.69, 9.17) is 4.42 Å². The first-order valence-corrected chi connectivity index (χ1v) is 26.3. The summed E-state index contributed by atoms with van der Waals surface area (Å²) in [5.41, 5.74) is 19.6. The molecule has 0 unspecified atom stereocenters. The van der Waals surface area contributed by atoms with E-state index in [1.54, 1.807) is 0 Å². The van der Waals surface area contributed by atoms with Gasteiger partial charge in [-0.25, -0.2) is 0 Å². The fraction of sp³-hybridized carbons (Fsp3) is 0. The third-order valence-electron chi connectivity index (χ3n) is 15.0. The zero-order chi connectivity index (χ0) is 51.1. The molecule has 0 spiro atoms. The van der Waals surface area contributed by atoms with Crippen molar-refractivity contribution in [2.45, 2.75) is 0 Å². The molecular weight excluding hydrogens is 933 g/mol. The summed E-state index contributed by atoms with van der Waals surface area (Å²) < 4.78 is 6.54. The maximum Gasteiger partial charge on any atom is 0.136 e. The van der Waals surface area contributed by atoms with Gasteiger partial charge in [0.15, 0.2) is 0 Å². The van der Waals surface area contributed by atoms with Crippen molar-refractivity contribution in [2.24, 2.45) is 0 Å². The summed E-state index contributed by atoms with van der Waals surface area (Å²) in [6, 6.07) is 110. The Morgan fingerprint density at radius 1 is 0.221 bits per heavy atom. The molecule has 0 atom stereocenters. The monoisotopic (exact) mass is 982 g/mol. The summed E-state index contributed by atoms with van der Waals surface area (Å²) in [5.74, 6) is 0. The van der Waals surface area contributed by atoms with Gasteiger partial charge >= 0.3 is 0 Å². The van der Waals surface area contributed by atoms with Crippen molar-refractivity contribution >= 4 is 77.6 Å². The second kappa shape index (κ2) is 19.6. The molecule has 14 aromatic rings. The highest BCUT2D eigenvalue weighted by atomic mass is 16.3. The molecule has 0 fully saturated rings. The highest BCUT2D eigenvalue weighted by molar-refractivity contribution is 6.22. The van der Waals surface area contributed by atoms with Crippen molar-refractivity contribution in [1.29, 1.82) is 0 Å². The Bertz CT molecular complexity index is 4450. The lowest BCUT2D eigenvalue weighted by atomic mass is 9.96. The van der Waals surface area contributed by atoms with Gasteiger partial charge < -0.3 is 14.2 Å². The predicted octanol–water partition coefficient (Wildman–Crippen LogP) is 21.2. The van der Waals surface area contributed by atoms with Gasteiger partial charge in [0.05, 0.1) is 11.4 Å². The number of anilines is 6. The molecule has 362 valence electrons. The number of fused-ring (bicyclic) bond motifs is 6. The minimum atomic E-state index is 0.881. The number of para-hydroxylation sites is 2. The molecule has 13 aromatic carbocycles. The van der Waals surface area contributed by atoms with E-state index in [0.29, 0.717) is 0 Å². The second-order valence-electron chi connectivity index (χ2n) is 19.6. The molecule has 1 aromatic heterocycles. The smallest absolute Gasteiger partial charge is 0.136 e. The Labute approximate surface area is 448 Å². The molecule has 3 heteroatoms. The van der Waals surface area contributed by atoms with Crippen LogP contribution in [-0.4, -0.2) is 0 Å². The normalized spacial score (nSPS) is 11.4. The zero-order valence-corrected chi connectivity index (χ0v) is 42.2. The van der Waals surface area contributed by atoms with E-state index in [-0.39, 0.29) is 0 Å². The van der Waals surface area contributed by atoms with E-state index in [9.17, 15) is 0 Å². The second-order valence-corrected chi connectivity index (χ2v) is 19.6. The van der Waals surface area contributed by atoms with E-state index in [1.165, 1.54) is 38.2 Å². The van der Waals surface area contributed by atoms with Gasteiger partial charge in [0.2, 0.25) is 0 Å². The Morgan fingerprint density at radius 2 is 0.649 bits per heavy atom. The Hall–Kier alpha value is -10.2. The van der Waals surface area contributed by atoms with Crippen LogP contribution in [0.1, 0.15) is 0 Å². The Morgan fingerprint density at radius 3 is 1.29 bits per heavy atom. The molecular formula is C74H50N2O. The van der Waals surface area contributed by atoms with Crippen LogP contribution >= 0.6 is 0 Å². The quantitative estimate of drug-likeness (QED) is 0.129.